The van der Waals surface area contributed by atoms with Crippen LogP contribution in [0.25, 0.3) is 0 Å². The first-order chi connectivity index (χ1) is 12.5. The highest BCUT2D eigenvalue weighted by atomic mass is 32.2. The van der Waals surface area contributed by atoms with Crippen molar-refractivity contribution in [3.05, 3.63) is 53.1 Å². The fourth-order valence-electron chi connectivity index (χ4n) is 2.95. The molecule has 27 heavy (non-hydrogen) atoms. The van der Waals surface area contributed by atoms with Crippen LogP contribution in [-0.4, -0.2) is 28.5 Å². The number of sulfonamides is 2. The number of nitrogens with zero attached hydrogens (tertiary/aromatic N) is 1. The van der Waals surface area contributed by atoms with Crippen LogP contribution in [0.15, 0.2) is 41.3 Å². The van der Waals surface area contributed by atoms with Crippen molar-refractivity contribution in [1.82, 2.24) is 0 Å². The number of hydrogen-bond acceptors (Lipinski definition) is 5. The van der Waals surface area contributed by atoms with Gasteiger partial charge in [0.25, 0.3) is 10.0 Å². The molecule has 1 aliphatic rings. The van der Waals surface area contributed by atoms with Crippen molar-refractivity contribution in [3.63, 3.8) is 0 Å². The van der Waals surface area contributed by atoms with E-state index in [0.29, 0.717) is 11.3 Å². The molecule has 0 unspecified atom stereocenters. The quantitative estimate of drug-likeness (QED) is 0.838. The van der Waals surface area contributed by atoms with Gasteiger partial charge in [-0.1, -0.05) is 6.07 Å². The Morgan fingerprint density at radius 1 is 0.963 bits per heavy atom. The van der Waals surface area contributed by atoms with E-state index in [-0.39, 0.29) is 22.8 Å². The molecule has 0 spiro atoms. The lowest BCUT2D eigenvalue weighted by atomic mass is 10.1. The molecule has 3 rings (SSSR count). The summed E-state index contributed by atoms with van der Waals surface area (Å²) in [5.41, 5.74) is 2.95. The Labute approximate surface area is 159 Å². The Balaban J connectivity index is 1.95. The summed E-state index contributed by atoms with van der Waals surface area (Å²) < 4.78 is 52.8. The molecule has 1 amide bonds. The van der Waals surface area contributed by atoms with Crippen LogP contribution in [-0.2, 0) is 24.8 Å². The van der Waals surface area contributed by atoms with Gasteiger partial charge in [0.2, 0.25) is 15.9 Å². The number of benzene rings is 2. The van der Waals surface area contributed by atoms with E-state index >= 15 is 0 Å². The van der Waals surface area contributed by atoms with E-state index in [1.807, 2.05) is 19.9 Å². The molecule has 0 aromatic heterocycles. The van der Waals surface area contributed by atoms with E-state index in [1.54, 1.807) is 19.1 Å². The van der Waals surface area contributed by atoms with Gasteiger partial charge in [-0.05, 0) is 67.8 Å². The molecular formula is C18H20N2O5S2. The van der Waals surface area contributed by atoms with Crippen LogP contribution in [0, 0.1) is 20.8 Å². The Hall–Kier alpha value is -2.39. The molecule has 1 heterocycles. The first-order valence-electron chi connectivity index (χ1n) is 8.28. The van der Waals surface area contributed by atoms with Crippen molar-refractivity contribution >= 4 is 37.3 Å². The van der Waals surface area contributed by atoms with Gasteiger partial charge in [0.15, 0.2) is 0 Å². The molecule has 0 saturated carbocycles. The largest absolute Gasteiger partial charge is 0.280 e. The maximum atomic E-state index is 12.7. The minimum Gasteiger partial charge on any atom is -0.280 e. The highest BCUT2D eigenvalue weighted by molar-refractivity contribution is 7.94. The number of rotatable bonds is 4. The Bertz CT molecular complexity index is 1140. The third-order valence-corrected chi connectivity index (χ3v) is 7.75. The number of nitrogens with one attached hydrogen (secondary N) is 1. The summed E-state index contributed by atoms with van der Waals surface area (Å²) in [4.78, 5) is 11.9. The van der Waals surface area contributed by atoms with Crippen molar-refractivity contribution in [3.8, 4) is 0 Å². The zero-order valence-electron chi connectivity index (χ0n) is 15.2. The molecule has 1 fully saturated rings. The summed E-state index contributed by atoms with van der Waals surface area (Å²) in [6.07, 6.45) is -0.0736. The van der Waals surface area contributed by atoms with E-state index < -0.39 is 26.0 Å². The molecule has 0 atom stereocenters. The third kappa shape index (κ3) is 3.70. The summed E-state index contributed by atoms with van der Waals surface area (Å²) in [5, 5.41) is 0. The highest BCUT2D eigenvalue weighted by Gasteiger charge is 2.36. The molecule has 7 nitrogen and oxygen atoms in total. The fraction of sp³-hybridized carbons (Fsp3) is 0.278. The van der Waals surface area contributed by atoms with Crippen molar-refractivity contribution in [1.29, 1.82) is 0 Å². The molecule has 1 saturated heterocycles. The van der Waals surface area contributed by atoms with Crippen LogP contribution >= 0.6 is 0 Å². The second kappa shape index (κ2) is 6.65. The third-order valence-electron chi connectivity index (χ3n) is 4.52. The van der Waals surface area contributed by atoms with Gasteiger partial charge < -0.3 is 0 Å². The summed E-state index contributed by atoms with van der Waals surface area (Å²) in [7, 11) is -7.55. The van der Waals surface area contributed by atoms with Gasteiger partial charge in [0.1, 0.15) is 0 Å². The highest BCUT2D eigenvalue weighted by Crippen LogP contribution is 2.29. The van der Waals surface area contributed by atoms with Crippen molar-refractivity contribution in [2.24, 2.45) is 0 Å². The van der Waals surface area contributed by atoms with E-state index in [4.69, 9.17) is 0 Å². The maximum Gasteiger partial charge on any atom is 0.262 e. The second-order valence-corrected chi connectivity index (χ2v) is 10.2. The monoisotopic (exact) mass is 408 g/mol. The van der Waals surface area contributed by atoms with E-state index in [9.17, 15) is 21.6 Å². The van der Waals surface area contributed by atoms with Crippen molar-refractivity contribution < 1.29 is 21.6 Å². The molecule has 1 aliphatic heterocycles. The fourth-order valence-corrected chi connectivity index (χ4v) is 5.67. The Morgan fingerprint density at radius 2 is 1.67 bits per heavy atom. The molecule has 2 aromatic carbocycles. The lowest BCUT2D eigenvalue weighted by molar-refractivity contribution is -0.116. The minimum absolute atomic E-state index is 0.0218. The van der Waals surface area contributed by atoms with Gasteiger partial charge in [0.05, 0.1) is 16.3 Å². The zero-order chi connectivity index (χ0) is 20.0. The Kier molecular flexibility index (Phi) is 4.77. The van der Waals surface area contributed by atoms with Gasteiger partial charge in [-0.15, -0.1) is 0 Å². The number of aryl methyl sites for hydroxylation is 3. The average molecular weight is 409 g/mol. The van der Waals surface area contributed by atoms with E-state index in [2.05, 4.69) is 4.72 Å². The van der Waals surface area contributed by atoms with Crippen LogP contribution in [0.4, 0.5) is 11.4 Å². The number of amides is 1. The molecule has 0 bridgehead atoms. The first kappa shape index (κ1) is 19.4. The van der Waals surface area contributed by atoms with Gasteiger partial charge >= 0.3 is 0 Å². The molecule has 1 N–H and O–H groups in total. The van der Waals surface area contributed by atoms with Crippen LogP contribution in [0.5, 0.6) is 0 Å². The lowest BCUT2D eigenvalue weighted by Gasteiger charge is -2.17. The number of carbonyl (C=O) groups excluding carboxylic acids is 1. The van der Waals surface area contributed by atoms with Crippen LogP contribution in [0.1, 0.15) is 23.1 Å². The summed E-state index contributed by atoms with van der Waals surface area (Å²) >= 11 is 0. The molecule has 9 heteroatoms. The van der Waals surface area contributed by atoms with E-state index in [1.165, 1.54) is 18.2 Å². The SMILES string of the molecule is Cc1ccc(NS(=O)(=O)c2ccc(N3C(=O)CCS3(=O)=O)cc2C)cc1C. The average Bonchev–Trinajstić information content (AvgIpc) is 2.83. The number of hydrogen-bond donors (Lipinski definition) is 1. The van der Waals surface area contributed by atoms with Gasteiger partial charge in [-0.25, -0.2) is 21.1 Å². The molecular weight excluding hydrogens is 388 g/mol. The summed E-state index contributed by atoms with van der Waals surface area (Å²) in [5.74, 6) is -0.752. The van der Waals surface area contributed by atoms with Gasteiger partial charge in [0, 0.05) is 12.1 Å². The maximum absolute atomic E-state index is 12.7. The summed E-state index contributed by atoms with van der Waals surface area (Å²) in [6, 6.07) is 9.30. The van der Waals surface area contributed by atoms with Crippen molar-refractivity contribution in [2.45, 2.75) is 32.1 Å². The smallest absolute Gasteiger partial charge is 0.262 e. The Morgan fingerprint density at radius 3 is 2.22 bits per heavy atom. The predicted molar refractivity (Wildman–Crippen MR) is 104 cm³/mol. The molecule has 0 aliphatic carbocycles. The molecule has 144 valence electrons. The number of anilines is 2. The lowest BCUT2D eigenvalue weighted by Crippen LogP contribution is -2.29. The second-order valence-electron chi connectivity index (χ2n) is 6.58. The van der Waals surface area contributed by atoms with Crippen molar-refractivity contribution in [2.75, 3.05) is 14.8 Å². The number of carbonyl (C=O) groups is 1. The standard InChI is InChI=1S/C18H20N2O5S2/c1-12-4-5-15(10-13(12)2)19-27(24,25)17-7-6-16(11-14(17)3)20-18(21)8-9-26(20,22)23/h4-7,10-11,19H,8-9H2,1-3H3. The van der Waals surface area contributed by atoms with Gasteiger partial charge in [-0.2, -0.15) is 0 Å². The molecule has 2 aromatic rings. The van der Waals surface area contributed by atoms with Crippen LogP contribution in [0.3, 0.4) is 0 Å². The van der Waals surface area contributed by atoms with Crippen LogP contribution in [0.2, 0.25) is 0 Å². The zero-order valence-corrected chi connectivity index (χ0v) is 16.8. The normalized spacial score (nSPS) is 16.6. The van der Waals surface area contributed by atoms with E-state index in [0.717, 1.165) is 15.4 Å². The minimum atomic E-state index is -3.86. The van der Waals surface area contributed by atoms with Gasteiger partial charge in [-0.3, -0.25) is 9.52 Å². The predicted octanol–water partition coefficient (Wildman–Crippen LogP) is 2.48. The first-order valence-corrected chi connectivity index (χ1v) is 11.4. The topological polar surface area (TPSA) is 101 Å². The van der Waals surface area contributed by atoms with Crippen LogP contribution < -0.4 is 9.03 Å². The summed E-state index contributed by atoms with van der Waals surface area (Å²) in [6.45, 7) is 5.39. The molecule has 0 radical (unpaired) electrons.